The van der Waals surface area contributed by atoms with Gasteiger partial charge in [-0.1, -0.05) is 0 Å². The molecule has 1 aliphatic heterocycles. The summed E-state index contributed by atoms with van der Waals surface area (Å²) in [6.45, 7) is 3.78. The van der Waals surface area contributed by atoms with Crippen molar-refractivity contribution in [1.82, 2.24) is 5.32 Å². The van der Waals surface area contributed by atoms with Gasteiger partial charge in [-0.2, -0.15) is 0 Å². The number of carbonyl (C=O) groups is 1. The van der Waals surface area contributed by atoms with Crippen molar-refractivity contribution in [3.8, 4) is 0 Å². The monoisotopic (exact) mass is 180 g/mol. The number of furan rings is 1. The highest BCUT2D eigenvalue weighted by Gasteiger charge is 2.21. The minimum Gasteiger partial charge on any atom is -0.445 e. The lowest BCUT2D eigenvalue weighted by atomic mass is 10.3. The van der Waals surface area contributed by atoms with Crippen LogP contribution in [0, 0.1) is 6.92 Å². The minimum absolute atomic E-state index is 0.0700. The molecule has 1 fully saturated rings. The molecule has 0 spiro atoms. The second kappa shape index (κ2) is 3.22. The number of aryl methyl sites for hydroxylation is 1. The van der Waals surface area contributed by atoms with Crippen LogP contribution in [0.2, 0.25) is 0 Å². The van der Waals surface area contributed by atoms with Crippen LogP contribution in [-0.2, 0) is 4.79 Å². The lowest BCUT2D eigenvalue weighted by molar-refractivity contribution is -0.118. The summed E-state index contributed by atoms with van der Waals surface area (Å²) >= 11 is 0. The third-order valence-electron chi connectivity index (χ3n) is 2.08. The molecule has 13 heavy (non-hydrogen) atoms. The maximum Gasteiger partial charge on any atom is 0.243 e. The van der Waals surface area contributed by atoms with E-state index in [9.17, 15) is 4.79 Å². The Labute approximate surface area is 76.5 Å². The van der Waals surface area contributed by atoms with Crippen LogP contribution < -0.4 is 10.2 Å². The molecule has 1 aromatic rings. The van der Waals surface area contributed by atoms with Gasteiger partial charge in [0.15, 0.2) is 0 Å². The number of piperazine rings is 1. The van der Waals surface area contributed by atoms with E-state index in [0.717, 1.165) is 12.3 Å². The van der Waals surface area contributed by atoms with Gasteiger partial charge < -0.3 is 9.73 Å². The van der Waals surface area contributed by atoms with Crippen molar-refractivity contribution in [3.05, 3.63) is 17.9 Å². The Morgan fingerprint density at radius 2 is 2.38 bits per heavy atom. The summed E-state index contributed by atoms with van der Waals surface area (Å²) in [5.74, 6) is 1.56. The minimum atomic E-state index is 0.0700. The van der Waals surface area contributed by atoms with E-state index in [1.165, 1.54) is 0 Å². The average Bonchev–Trinajstić information content (AvgIpc) is 2.53. The molecular weight excluding hydrogens is 168 g/mol. The van der Waals surface area contributed by atoms with Crippen LogP contribution in [0.3, 0.4) is 0 Å². The standard InChI is InChI=1S/C9H12N2O2/c1-7-2-3-9(13-7)11-5-4-10-6-8(11)12/h2-3,10H,4-6H2,1H3. The fourth-order valence-electron chi connectivity index (χ4n) is 1.41. The summed E-state index contributed by atoms with van der Waals surface area (Å²) in [6.07, 6.45) is 0. The molecule has 0 radical (unpaired) electrons. The predicted molar refractivity (Wildman–Crippen MR) is 48.7 cm³/mol. The Morgan fingerprint density at radius 1 is 1.54 bits per heavy atom. The Kier molecular flexibility index (Phi) is 2.06. The molecule has 4 heteroatoms. The van der Waals surface area contributed by atoms with E-state index in [-0.39, 0.29) is 5.91 Å². The molecule has 0 aliphatic carbocycles. The van der Waals surface area contributed by atoms with Crippen molar-refractivity contribution in [2.75, 3.05) is 24.5 Å². The summed E-state index contributed by atoms with van der Waals surface area (Å²) < 4.78 is 5.37. The van der Waals surface area contributed by atoms with Crippen molar-refractivity contribution in [1.29, 1.82) is 0 Å². The van der Waals surface area contributed by atoms with Crippen LogP contribution in [-0.4, -0.2) is 25.5 Å². The van der Waals surface area contributed by atoms with Gasteiger partial charge in [-0.3, -0.25) is 9.69 Å². The van der Waals surface area contributed by atoms with Crippen LogP contribution in [0.5, 0.6) is 0 Å². The van der Waals surface area contributed by atoms with Gasteiger partial charge in [0.1, 0.15) is 5.76 Å². The molecule has 1 N–H and O–H groups in total. The summed E-state index contributed by atoms with van der Waals surface area (Å²) in [6, 6.07) is 3.70. The fraction of sp³-hybridized carbons (Fsp3) is 0.444. The van der Waals surface area contributed by atoms with Gasteiger partial charge in [0.25, 0.3) is 0 Å². The van der Waals surface area contributed by atoms with Crippen molar-refractivity contribution < 1.29 is 9.21 Å². The highest BCUT2D eigenvalue weighted by Crippen LogP contribution is 2.18. The number of hydrogen-bond donors (Lipinski definition) is 1. The van der Waals surface area contributed by atoms with Crippen molar-refractivity contribution in [2.45, 2.75) is 6.92 Å². The predicted octanol–water partition coefficient (Wildman–Crippen LogP) is 0.524. The molecule has 2 heterocycles. The largest absolute Gasteiger partial charge is 0.445 e. The Hall–Kier alpha value is -1.29. The molecule has 2 rings (SSSR count). The molecule has 0 aromatic carbocycles. The number of rotatable bonds is 1. The summed E-state index contributed by atoms with van der Waals surface area (Å²) in [4.78, 5) is 13.1. The Bertz CT molecular complexity index is 319. The third kappa shape index (κ3) is 1.58. The van der Waals surface area contributed by atoms with Gasteiger partial charge in [0, 0.05) is 19.2 Å². The zero-order valence-corrected chi connectivity index (χ0v) is 7.54. The van der Waals surface area contributed by atoms with Crippen LogP contribution in [0.1, 0.15) is 5.76 Å². The molecule has 1 saturated heterocycles. The van der Waals surface area contributed by atoms with Gasteiger partial charge >= 0.3 is 0 Å². The molecule has 0 bridgehead atoms. The molecule has 70 valence electrons. The topological polar surface area (TPSA) is 45.5 Å². The number of carbonyl (C=O) groups excluding carboxylic acids is 1. The van der Waals surface area contributed by atoms with Crippen LogP contribution >= 0.6 is 0 Å². The second-order valence-corrected chi connectivity index (χ2v) is 3.11. The lowest BCUT2D eigenvalue weighted by Crippen LogP contribution is -2.48. The van der Waals surface area contributed by atoms with E-state index in [2.05, 4.69) is 5.32 Å². The van der Waals surface area contributed by atoms with Crippen LogP contribution in [0.4, 0.5) is 5.88 Å². The molecule has 1 aliphatic rings. The highest BCUT2D eigenvalue weighted by molar-refractivity contribution is 5.94. The van der Waals surface area contributed by atoms with Crippen LogP contribution in [0.15, 0.2) is 16.5 Å². The number of nitrogens with one attached hydrogen (secondary N) is 1. The SMILES string of the molecule is Cc1ccc(N2CCNCC2=O)o1. The molecule has 0 atom stereocenters. The van der Waals surface area contributed by atoms with E-state index < -0.39 is 0 Å². The zero-order valence-electron chi connectivity index (χ0n) is 7.54. The number of nitrogens with zero attached hydrogens (tertiary/aromatic N) is 1. The number of hydrogen-bond acceptors (Lipinski definition) is 3. The highest BCUT2D eigenvalue weighted by atomic mass is 16.4. The quantitative estimate of drug-likeness (QED) is 0.685. The van der Waals surface area contributed by atoms with E-state index in [4.69, 9.17) is 4.42 Å². The normalized spacial score (nSPS) is 17.9. The first kappa shape index (κ1) is 8.31. The van der Waals surface area contributed by atoms with Crippen LogP contribution in [0.25, 0.3) is 0 Å². The fourth-order valence-corrected chi connectivity index (χ4v) is 1.41. The molecule has 4 nitrogen and oxygen atoms in total. The zero-order chi connectivity index (χ0) is 9.26. The Morgan fingerprint density at radius 3 is 3.00 bits per heavy atom. The van der Waals surface area contributed by atoms with Gasteiger partial charge in [-0.15, -0.1) is 0 Å². The van der Waals surface area contributed by atoms with E-state index in [0.29, 0.717) is 19.0 Å². The van der Waals surface area contributed by atoms with E-state index in [1.54, 1.807) is 4.90 Å². The maximum atomic E-state index is 11.4. The lowest BCUT2D eigenvalue weighted by Gasteiger charge is -2.24. The molecule has 0 saturated carbocycles. The maximum absolute atomic E-state index is 11.4. The van der Waals surface area contributed by atoms with E-state index >= 15 is 0 Å². The molecular formula is C9H12N2O2. The molecule has 0 unspecified atom stereocenters. The number of amides is 1. The summed E-state index contributed by atoms with van der Waals surface area (Å²) in [5.41, 5.74) is 0. The third-order valence-corrected chi connectivity index (χ3v) is 2.08. The average molecular weight is 180 g/mol. The summed E-state index contributed by atoms with van der Waals surface area (Å²) in [7, 11) is 0. The molecule has 1 aromatic heterocycles. The van der Waals surface area contributed by atoms with Gasteiger partial charge in [-0.05, 0) is 13.0 Å². The van der Waals surface area contributed by atoms with Gasteiger partial charge in [-0.25, -0.2) is 0 Å². The van der Waals surface area contributed by atoms with Crippen molar-refractivity contribution in [2.24, 2.45) is 0 Å². The van der Waals surface area contributed by atoms with Crippen molar-refractivity contribution >= 4 is 11.8 Å². The molecule has 1 amide bonds. The first-order valence-corrected chi connectivity index (χ1v) is 4.35. The van der Waals surface area contributed by atoms with Crippen molar-refractivity contribution in [3.63, 3.8) is 0 Å². The van der Waals surface area contributed by atoms with E-state index in [1.807, 2.05) is 19.1 Å². The smallest absolute Gasteiger partial charge is 0.243 e. The second-order valence-electron chi connectivity index (χ2n) is 3.11. The summed E-state index contributed by atoms with van der Waals surface area (Å²) in [5, 5.41) is 3.01. The number of anilines is 1. The van der Waals surface area contributed by atoms with Gasteiger partial charge in [0.05, 0.1) is 6.54 Å². The first-order chi connectivity index (χ1) is 6.27. The first-order valence-electron chi connectivity index (χ1n) is 4.35. The van der Waals surface area contributed by atoms with Gasteiger partial charge in [0.2, 0.25) is 11.8 Å². The Balaban J connectivity index is 2.19.